The van der Waals surface area contributed by atoms with Gasteiger partial charge in [0.15, 0.2) is 5.82 Å². The smallest absolute Gasteiger partial charge is 0.229 e. The zero-order valence-corrected chi connectivity index (χ0v) is 16.6. The standard InChI is InChI=1S/C24H24N4O/c1-16-8-11-23(27-26-16)28-12-4-6-18(15-28)24(29)25-20-9-10-22-19(14-20)13-17-5-2-3-7-21(17)22/h2-3,5,7-11,14,18H,4,6,12-13,15H2,1H3,(H,25,29). The Morgan fingerprint density at radius 2 is 1.90 bits per heavy atom. The van der Waals surface area contributed by atoms with Crippen LogP contribution in [0.3, 0.4) is 0 Å². The van der Waals surface area contributed by atoms with E-state index >= 15 is 0 Å². The molecule has 2 aromatic carbocycles. The highest BCUT2D eigenvalue weighted by molar-refractivity contribution is 5.94. The van der Waals surface area contributed by atoms with Crippen molar-refractivity contribution in [3.05, 3.63) is 71.4 Å². The van der Waals surface area contributed by atoms with Gasteiger partial charge in [-0.3, -0.25) is 4.79 Å². The Labute approximate surface area is 170 Å². The molecule has 1 N–H and O–H groups in total. The highest BCUT2D eigenvalue weighted by Crippen LogP contribution is 2.37. The third-order valence-electron chi connectivity index (χ3n) is 5.96. The summed E-state index contributed by atoms with van der Waals surface area (Å²) in [5, 5.41) is 11.6. The first-order valence-electron chi connectivity index (χ1n) is 10.2. The summed E-state index contributed by atoms with van der Waals surface area (Å²) in [6, 6.07) is 18.7. The summed E-state index contributed by atoms with van der Waals surface area (Å²) >= 11 is 0. The second-order valence-corrected chi connectivity index (χ2v) is 8.01. The molecule has 0 saturated carbocycles. The van der Waals surface area contributed by atoms with Gasteiger partial charge in [-0.15, -0.1) is 5.10 Å². The maximum Gasteiger partial charge on any atom is 0.229 e. The maximum absolute atomic E-state index is 12.9. The number of rotatable bonds is 3. The summed E-state index contributed by atoms with van der Waals surface area (Å²) in [5.74, 6) is 0.894. The van der Waals surface area contributed by atoms with Crippen LogP contribution in [0.4, 0.5) is 11.5 Å². The van der Waals surface area contributed by atoms with Crippen molar-refractivity contribution in [2.24, 2.45) is 5.92 Å². The van der Waals surface area contributed by atoms with Crippen LogP contribution in [0.5, 0.6) is 0 Å². The van der Waals surface area contributed by atoms with Crippen LogP contribution in [0.25, 0.3) is 11.1 Å². The molecule has 1 amide bonds. The minimum Gasteiger partial charge on any atom is -0.354 e. The van der Waals surface area contributed by atoms with E-state index in [0.29, 0.717) is 6.54 Å². The molecule has 1 atom stereocenters. The van der Waals surface area contributed by atoms with E-state index in [2.05, 4.69) is 56.8 Å². The van der Waals surface area contributed by atoms with Gasteiger partial charge in [0.25, 0.3) is 0 Å². The number of carbonyl (C=O) groups is 1. The Kier molecular flexibility index (Phi) is 4.51. The van der Waals surface area contributed by atoms with Gasteiger partial charge in [-0.1, -0.05) is 30.3 Å². The molecule has 29 heavy (non-hydrogen) atoms. The van der Waals surface area contributed by atoms with Gasteiger partial charge in [-0.25, -0.2) is 0 Å². The van der Waals surface area contributed by atoms with E-state index in [-0.39, 0.29) is 11.8 Å². The first-order chi connectivity index (χ1) is 14.2. The molecular weight excluding hydrogens is 360 g/mol. The van der Waals surface area contributed by atoms with E-state index in [0.717, 1.165) is 43.0 Å². The number of anilines is 2. The lowest BCUT2D eigenvalue weighted by atomic mass is 9.97. The van der Waals surface area contributed by atoms with Gasteiger partial charge in [-0.2, -0.15) is 5.10 Å². The molecule has 1 saturated heterocycles. The minimum atomic E-state index is -0.0442. The number of piperidine rings is 1. The van der Waals surface area contributed by atoms with Crippen LogP contribution >= 0.6 is 0 Å². The fourth-order valence-electron chi connectivity index (χ4n) is 4.43. The number of nitrogens with one attached hydrogen (secondary N) is 1. The van der Waals surface area contributed by atoms with Crippen molar-refractivity contribution in [1.29, 1.82) is 0 Å². The van der Waals surface area contributed by atoms with Gasteiger partial charge in [0.05, 0.1) is 11.6 Å². The predicted octanol–water partition coefficient (Wildman–Crippen LogP) is 4.21. The zero-order chi connectivity index (χ0) is 19.8. The lowest BCUT2D eigenvalue weighted by Crippen LogP contribution is -2.41. The molecular formula is C24H24N4O. The van der Waals surface area contributed by atoms with Crippen LogP contribution in [-0.4, -0.2) is 29.2 Å². The predicted molar refractivity (Wildman–Crippen MR) is 115 cm³/mol. The van der Waals surface area contributed by atoms with Crippen LogP contribution in [0.15, 0.2) is 54.6 Å². The van der Waals surface area contributed by atoms with E-state index in [9.17, 15) is 4.79 Å². The molecule has 1 aliphatic carbocycles. The van der Waals surface area contributed by atoms with Gasteiger partial charge in [0, 0.05) is 18.8 Å². The fraction of sp³-hybridized carbons (Fsp3) is 0.292. The van der Waals surface area contributed by atoms with Crippen molar-refractivity contribution < 1.29 is 4.79 Å². The quantitative estimate of drug-likeness (QED) is 0.575. The van der Waals surface area contributed by atoms with Crippen LogP contribution in [-0.2, 0) is 11.2 Å². The van der Waals surface area contributed by atoms with Crippen molar-refractivity contribution in [2.75, 3.05) is 23.3 Å². The zero-order valence-electron chi connectivity index (χ0n) is 16.6. The summed E-state index contributed by atoms with van der Waals surface area (Å²) in [6.07, 6.45) is 2.81. The van der Waals surface area contributed by atoms with Crippen molar-refractivity contribution >= 4 is 17.4 Å². The van der Waals surface area contributed by atoms with Crippen molar-refractivity contribution in [3.63, 3.8) is 0 Å². The Morgan fingerprint density at radius 1 is 1.03 bits per heavy atom. The van der Waals surface area contributed by atoms with Gasteiger partial charge < -0.3 is 10.2 Å². The SMILES string of the molecule is Cc1ccc(N2CCCC(C(=O)Nc3ccc4c(c3)Cc3ccccc3-4)C2)nn1. The van der Waals surface area contributed by atoms with Crippen molar-refractivity contribution in [2.45, 2.75) is 26.2 Å². The average molecular weight is 384 g/mol. The number of benzene rings is 2. The second-order valence-electron chi connectivity index (χ2n) is 8.01. The average Bonchev–Trinajstić information content (AvgIpc) is 3.12. The van der Waals surface area contributed by atoms with Crippen LogP contribution in [0, 0.1) is 12.8 Å². The summed E-state index contributed by atoms with van der Waals surface area (Å²) in [4.78, 5) is 15.1. The monoisotopic (exact) mass is 384 g/mol. The first kappa shape index (κ1) is 17.9. The van der Waals surface area contributed by atoms with E-state index < -0.39 is 0 Å². The Bertz CT molecular complexity index is 1060. The molecule has 2 heterocycles. The number of hydrogen-bond acceptors (Lipinski definition) is 4. The number of hydrogen-bond donors (Lipinski definition) is 1. The molecule has 2 aliphatic rings. The van der Waals surface area contributed by atoms with Gasteiger partial charge >= 0.3 is 0 Å². The summed E-state index contributed by atoms with van der Waals surface area (Å²) < 4.78 is 0. The lowest BCUT2D eigenvalue weighted by Gasteiger charge is -2.32. The van der Waals surface area contributed by atoms with E-state index in [4.69, 9.17) is 0 Å². The third kappa shape index (κ3) is 3.48. The third-order valence-corrected chi connectivity index (χ3v) is 5.96. The van der Waals surface area contributed by atoms with Crippen LogP contribution in [0.2, 0.25) is 0 Å². The molecule has 5 nitrogen and oxygen atoms in total. The van der Waals surface area contributed by atoms with E-state index in [1.165, 1.54) is 22.3 Å². The molecule has 5 rings (SSSR count). The molecule has 0 radical (unpaired) electrons. The molecule has 3 aromatic rings. The van der Waals surface area contributed by atoms with Gasteiger partial charge in [0.2, 0.25) is 5.91 Å². The molecule has 146 valence electrons. The summed E-state index contributed by atoms with van der Waals surface area (Å²) in [7, 11) is 0. The highest BCUT2D eigenvalue weighted by atomic mass is 16.1. The van der Waals surface area contributed by atoms with Crippen molar-refractivity contribution in [3.8, 4) is 11.1 Å². The largest absolute Gasteiger partial charge is 0.354 e. The Balaban J connectivity index is 1.28. The molecule has 1 aromatic heterocycles. The van der Waals surface area contributed by atoms with Crippen LogP contribution in [0.1, 0.15) is 29.7 Å². The van der Waals surface area contributed by atoms with Crippen LogP contribution < -0.4 is 10.2 Å². The highest BCUT2D eigenvalue weighted by Gasteiger charge is 2.27. The molecule has 0 bridgehead atoms. The number of aromatic nitrogens is 2. The lowest BCUT2D eigenvalue weighted by molar-refractivity contribution is -0.120. The Morgan fingerprint density at radius 3 is 2.76 bits per heavy atom. The fourth-order valence-corrected chi connectivity index (χ4v) is 4.43. The topological polar surface area (TPSA) is 58.1 Å². The van der Waals surface area contributed by atoms with Crippen molar-refractivity contribution in [1.82, 2.24) is 10.2 Å². The first-order valence-corrected chi connectivity index (χ1v) is 10.2. The summed E-state index contributed by atoms with van der Waals surface area (Å²) in [5.41, 5.74) is 7.01. The molecule has 1 fully saturated rings. The number of nitrogens with zero attached hydrogens (tertiary/aromatic N) is 3. The summed E-state index contributed by atoms with van der Waals surface area (Å²) in [6.45, 7) is 3.52. The minimum absolute atomic E-state index is 0.0442. The molecule has 0 spiro atoms. The number of amides is 1. The van der Waals surface area contributed by atoms with E-state index in [1.807, 2.05) is 25.1 Å². The number of fused-ring (bicyclic) bond motifs is 3. The number of aryl methyl sites for hydroxylation is 1. The van der Waals surface area contributed by atoms with Gasteiger partial charge in [-0.05, 0) is 72.7 Å². The molecule has 5 heteroatoms. The Hall–Kier alpha value is -3.21. The second kappa shape index (κ2) is 7.32. The maximum atomic E-state index is 12.9. The number of carbonyl (C=O) groups excluding carboxylic acids is 1. The molecule has 1 unspecified atom stereocenters. The normalized spacial score (nSPS) is 17.6. The van der Waals surface area contributed by atoms with E-state index in [1.54, 1.807) is 0 Å². The van der Waals surface area contributed by atoms with Gasteiger partial charge in [0.1, 0.15) is 0 Å². The molecule has 1 aliphatic heterocycles.